The van der Waals surface area contributed by atoms with Crippen molar-refractivity contribution in [2.45, 2.75) is 95.1 Å². The van der Waals surface area contributed by atoms with Crippen LogP contribution in [-0.4, -0.2) is 85.6 Å². The topological polar surface area (TPSA) is 154 Å². The molecule has 5 N–H and O–H groups in total. The summed E-state index contributed by atoms with van der Waals surface area (Å²) in [6.07, 6.45) is -6.06. The molecule has 0 radical (unpaired) electrons. The van der Waals surface area contributed by atoms with Gasteiger partial charge in [-0.3, -0.25) is 4.79 Å². The lowest BCUT2D eigenvalue weighted by Gasteiger charge is -2.62. The summed E-state index contributed by atoms with van der Waals surface area (Å²) in [4.78, 5) is 27.4. The number of hydrogen-bond acceptors (Lipinski definition) is 9. The van der Waals surface area contributed by atoms with Crippen LogP contribution in [0.25, 0.3) is 0 Å². The molecule has 1 aromatic carbocycles. The van der Waals surface area contributed by atoms with Gasteiger partial charge in [-0.05, 0) is 43.5 Å². The summed E-state index contributed by atoms with van der Waals surface area (Å²) in [5.74, 6) is -2.28. The molecule has 0 aromatic heterocycles. The third kappa shape index (κ3) is 3.74. The maximum absolute atomic E-state index is 14.2. The van der Waals surface area contributed by atoms with Crippen LogP contribution < -0.4 is 0 Å². The molecule has 38 heavy (non-hydrogen) atoms. The lowest BCUT2D eigenvalue weighted by atomic mass is 9.49. The van der Waals surface area contributed by atoms with E-state index in [-0.39, 0.29) is 37.9 Å². The van der Waals surface area contributed by atoms with Gasteiger partial charge in [-0.25, -0.2) is 4.79 Å². The van der Waals surface area contributed by atoms with Gasteiger partial charge in [0.2, 0.25) is 0 Å². The number of carbonyl (C=O) groups excluding carboxylic acids is 2. The zero-order chi connectivity index (χ0) is 27.8. The normalized spacial score (nSPS) is 44.4. The molecule has 0 amide bonds. The van der Waals surface area contributed by atoms with Crippen molar-refractivity contribution in [2.24, 2.45) is 16.7 Å². The van der Waals surface area contributed by atoms with Gasteiger partial charge in [0, 0.05) is 30.6 Å². The fourth-order valence-corrected chi connectivity index (χ4v) is 7.53. The zero-order valence-electron chi connectivity index (χ0n) is 22.3. The predicted molar refractivity (Wildman–Crippen MR) is 135 cm³/mol. The van der Waals surface area contributed by atoms with Crippen molar-refractivity contribution in [3.63, 3.8) is 0 Å². The number of ketones is 1. The maximum Gasteiger partial charge on any atom is 0.338 e. The van der Waals surface area contributed by atoms with Crippen molar-refractivity contribution in [1.29, 1.82) is 0 Å². The first kappa shape index (κ1) is 27.4. The monoisotopic (exact) mass is 530 g/mol. The van der Waals surface area contributed by atoms with Crippen molar-refractivity contribution < 1.29 is 44.6 Å². The number of esters is 1. The average Bonchev–Trinajstić information content (AvgIpc) is 2.86. The summed E-state index contributed by atoms with van der Waals surface area (Å²) < 4.78 is 11.5. The minimum atomic E-state index is -1.72. The highest BCUT2D eigenvalue weighted by molar-refractivity contribution is 5.93. The van der Waals surface area contributed by atoms with Crippen molar-refractivity contribution in [1.82, 2.24) is 0 Å². The Bertz CT molecular complexity index is 1160. The summed E-state index contributed by atoms with van der Waals surface area (Å²) in [6.45, 7) is 6.49. The van der Waals surface area contributed by atoms with E-state index in [1.54, 1.807) is 51.1 Å². The third-order valence-electron chi connectivity index (χ3n) is 10.2. The average molecular weight is 531 g/mol. The Labute approximate surface area is 222 Å². The predicted octanol–water partition coefficient (Wildman–Crippen LogP) is 1.29. The van der Waals surface area contributed by atoms with Crippen molar-refractivity contribution in [3.8, 4) is 0 Å². The van der Waals surface area contributed by atoms with Crippen molar-refractivity contribution in [3.05, 3.63) is 47.0 Å². The third-order valence-corrected chi connectivity index (χ3v) is 10.2. The van der Waals surface area contributed by atoms with Gasteiger partial charge in [0.05, 0.1) is 41.5 Å². The van der Waals surface area contributed by atoms with Crippen LogP contribution in [-0.2, 0) is 14.3 Å². The molecule has 3 aliphatic carbocycles. The molecule has 1 aromatic rings. The highest BCUT2D eigenvalue weighted by Crippen LogP contribution is 2.59. The lowest BCUT2D eigenvalue weighted by Crippen LogP contribution is -2.75. The van der Waals surface area contributed by atoms with Gasteiger partial charge in [-0.2, -0.15) is 0 Å². The maximum atomic E-state index is 14.2. The molecule has 9 atom stereocenters. The van der Waals surface area contributed by atoms with Crippen LogP contribution in [0, 0.1) is 16.7 Å². The fraction of sp³-hybridized carbons (Fsp3) is 0.655. The number of benzene rings is 1. The molecule has 208 valence electrons. The molecular weight excluding hydrogens is 492 g/mol. The Morgan fingerprint density at radius 1 is 1.03 bits per heavy atom. The molecule has 5 rings (SSSR count). The fourth-order valence-electron chi connectivity index (χ4n) is 7.53. The van der Waals surface area contributed by atoms with Gasteiger partial charge in [0.15, 0.2) is 5.78 Å². The van der Waals surface area contributed by atoms with E-state index in [1.165, 1.54) is 6.92 Å². The summed E-state index contributed by atoms with van der Waals surface area (Å²) in [6, 6.07) is 8.38. The Hall–Kier alpha value is -2.14. The van der Waals surface area contributed by atoms with Crippen molar-refractivity contribution in [2.75, 3.05) is 6.61 Å². The largest absolute Gasteiger partial charge is 0.459 e. The molecule has 0 spiro atoms. The second kappa shape index (κ2) is 8.94. The zero-order valence-corrected chi connectivity index (χ0v) is 22.3. The number of Topliss-reactive ketones (excluding diaryl/α,β-unsaturated/α-hetero) is 1. The van der Waals surface area contributed by atoms with Gasteiger partial charge < -0.3 is 35.0 Å². The SMILES string of the molecule is CC1=C2C(O)C(=O)C3(C)C(O)CC4OCC4(O)C3C[C@H](OC(=O)c3ccccc3)CC(O)(CC1O)C2(C)C. The Balaban J connectivity index is 1.66. The van der Waals surface area contributed by atoms with Gasteiger partial charge in [-0.15, -0.1) is 0 Å². The van der Waals surface area contributed by atoms with E-state index in [0.717, 1.165) is 0 Å². The minimum Gasteiger partial charge on any atom is -0.459 e. The van der Waals surface area contributed by atoms with E-state index < -0.39 is 70.2 Å². The molecule has 9 nitrogen and oxygen atoms in total. The first-order valence-electron chi connectivity index (χ1n) is 13.3. The van der Waals surface area contributed by atoms with E-state index in [2.05, 4.69) is 0 Å². The van der Waals surface area contributed by atoms with Crippen LogP contribution in [0.4, 0.5) is 0 Å². The smallest absolute Gasteiger partial charge is 0.338 e. The van der Waals surface area contributed by atoms with E-state index in [4.69, 9.17) is 9.47 Å². The lowest BCUT2D eigenvalue weighted by molar-refractivity contribution is -0.317. The molecule has 8 unspecified atom stereocenters. The Morgan fingerprint density at radius 2 is 1.68 bits per heavy atom. The molecule has 9 heteroatoms. The summed E-state index contributed by atoms with van der Waals surface area (Å²) >= 11 is 0. The molecule has 2 saturated carbocycles. The highest BCUT2D eigenvalue weighted by Gasteiger charge is 2.69. The molecule has 3 fully saturated rings. The minimum absolute atomic E-state index is 0.00438. The highest BCUT2D eigenvalue weighted by atomic mass is 16.6. The number of aliphatic hydroxyl groups excluding tert-OH is 3. The molecule has 4 aliphatic rings. The molecular formula is C29H38O9. The standard InChI is InChI=1S/C29H38O9/c1-15-18(30)13-28(35)12-17(38-25(34)16-8-6-5-7-9-16)10-19-27(4,20(31)11-21-29(19,36)14-37-21)24(33)23(32)22(15)26(28,2)3/h5-9,17-21,23,30-32,35-36H,10-14H2,1-4H3/t17-,18?,19?,20?,21?,23?,27?,28?,29?/m0/s1. The van der Waals surface area contributed by atoms with Gasteiger partial charge in [0.25, 0.3) is 0 Å². The van der Waals surface area contributed by atoms with E-state index in [0.29, 0.717) is 11.1 Å². The van der Waals surface area contributed by atoms with Gasteiger partial charge in [0.1, 0.15) is 17.8 Å². The number of rotatable bonds is 2. The summed E-state index contributed by atoms with van der Waals surface area (Å²) in [7, 11) is 0. The molecule has 2 bridgehead atoms. The van der Waals surface area contributed by atoms with Crippen LogP contribution in [0.2, 0.25) is 0 Å². The quantitative estimate of drug-likeness (QED) is 0.281. The molecule has 1 heterocycles. The Kier molecular flexibility index (Phi) is 6.45. The number of carbonyl (C=O) groups is 2. The van der Waals surface area contributed by atoms with Gasteiger partial charge in [-0.1, -0.05) is 32.0 Å². The van der Waals surface area contributed by atoms with Crippen LogP contribution >= 0.6 is 0 Å². The van der Waals surface area contributed by atoms with E-state index >= 15 is 0 Å². The first-order valence-corrected chi connectivity index (χ1v) is 13.3. The van der Waals surface area contributed by atoms with Crippen molar-refractivity contribution >= 4 is 11.8 Å². The second-order valence-corrected chi connectivity index (χ2v) is 12.5. The number of aliphatic hydroxyl groups is 5. The first-order chi connectivity index (χ1) is 17.7. The number of hydrogen-bond donors (Lipinski definition) is 5. The van der Waals surface area contributed by atoms with Crippen LogP contribution in [0.15, 0.2) is 41.5 Å². The number of ether oxygens (including phenoxy) is 2. The summed E-state index contributed by atoms with van der Waals surface area (Å²) in [5, 5.41) is 57.5. The van der Waals surface area contributed by atoms with Crippen LogP contribution in [0.5, 0.6) is 0 Å². The summed E-state index contributed by atoms with van der Waals surface area (Å²) in [5.41, 5.74) is -5.09. The molecule has 1 saturated heterocycles. The van der Waals surface area contributed by atoms with Gasteiger partial charge >= 0.3 is 5.97 Å². The second-order valence-electron chi connectivity index (χ2n) is 12.5. The number of fused-ring (bicyclic) bond motifs is 5. The van der Waals surface area contributed by atoms with Crippen LogP contribution in [0.3, 0.4) is 0 Å². The Morgan fingerprint density at radius 3 is 2.29 bits per heavy atom. The van der Waals surface area contributed by atoms with E-state index in [1.807, 2.05) is 0 Å². The van der Waals surface area contributed by atoms with E-state index in [9.17, 15) is 35.1 Å². The van der Waals surface area contributed by atoms with Crippen LogP contribution in [0.1, 0.15) is 63.7 Å². The molecule has 1 aliphatic heterocycles.